The van der Waals surface area contributed by atoms with E-state index in [9.17, 15) is 14.7 Å². The lowest BCUT2D eigenvalue weighted by atomic mass is 9.76. The van der Waals surface area contributed by atoms with E-state index in [0.717, 1.165) is 11.1 Å². The van der Waals surface area contributed by atoms with Crippen LogP contribution < -0.4 is 0 Å². The molecular weight excluding hydrogens is 266 g/mol. The molecule has 1 saturated heterocycles. The minimum Gasteiger partial charge on any atom is -0.481 e. The van der Waals surface area contributed by atoms with Crippen LogP contribution in [0.1, 0.15) is 41.8 Å². The summed E-state index contributed by atoms with van der Waals surface area (Å²) in [5, 5.41) is 9.57. The van der Waals surface area contributed by atoms with Gasteiger partial charge in [0.25, 0.3) is 5.91 Å². The van der Waals surface area contributed by atoms with Crippen LogP contribution in [0.3, 0.4) is 0 Å². The van der Waals surface area contributed by atoms with Gasteiger partial charge in [-0.05, 0) is 43.4 Å². The third-order valence-corrected chi connectivity index (χ3v) is 4.95. The van der Waals surface area contributed by atoms with E-state index < -0.39 is 11.4 Å². The number of hydrogen-bond donors (Lipinski definition) is 1. The summed E-state index contributed by atoms with van der Waals surface area (Å²) in [4.78, 5) is 26.0. The first-order chi connectivity index (χ1) is 9.79. The molecule has 0 bridgehead atoms. The first-order valence-electron chi connectivity index (χ1n) is 7.38. The second kappa shape index (κ2) is 5.51. The van der Waals surface area contributed by atoms with Gasteiger partial charge in [-0.3, -0.25) is 9.59 Å². The third kappa shape index (κ3) is 2.55. The topological polar surface area (TPSA) is 57.6 Å². The fraction of sp³-hybridized carbons (Fsp3) is 0.529. The van der Waals surface area contributed by atoms with Gasteiger partial charge in [-0.2, -0.15) is 0 Å². The van der Waals surface area contributed by atoms with Crippen molar-refractivity contribution in [2.24, 2.45) is 11.3 Å². The second-order valence-corrected chi connectivity index (χ2v) is 6.34. The highest BCUT2D eigenvalue weighted by molar-refractivity contribution is 5.96. The summed E-state index contributed by atoms with van der Waals surface area (Å²) in [5.41, 5.74) is 1.92. The van der Waals surface area contributed by atoms with Gasteiger partial charge in [0.15, 0.2) is 0 Å². The summed E-state index contributed by atoms with van der Waals surface area (Å²) in [6, 6.07) is 5.67. The van der Waals surface area contributed by atoms with E-state index in [0.29, 0.717) is 25.1 Å². The van der Waals surface area contributed by atoms with Crippen molar-refractivity contribution in [3.05, 3.63) is 34.9 Å². The maximum atomic E-state index is 12.7. The second-order valence-electron chi connectivity index (χ2n) is 6.34. The van der Waals surface area contributed by atoms with E-state index in [2.05, 4.69) is 0 Å². The zero-order valence-electron chi connectivity index (χ0n) is 13.1. The summed E-state index contributed by atoms with van der Waals surface area (Å²) < 4.78 is 0. The van der Waals surface area contributed by atoms with Gasteiger partial charge in [0.2, 0.25) is 0 Å². The van der Waals surface area contributed by atoms with E-state index in [-0.39, 0.29) is 11.8 Å². The highest BCUT2D eigenvalue weighted by Crippen LogP contribution is 2.38. The smallest absolute Gasteiger partial charge is 0.311 e. The van der Waals surface area contributed by atoms with Crippen LogP contribution in [0.5, 0.6) is 0 Å². The number of hydrogen-bond acceptors (Lipinski definition) is 2. The molecule has 1 aromatic rings. The summed E-state index contributed by atoms with van der Waals surface area (Å²) in [5.74, 6) is -0.847. The van der Waals surface area contributed by atoms with Gasteiger partial charge in [0.1, 0.15) is 0 Å². The molecule has 1 unspecified atom stereocenters. The van der Waals surface area contributed by atoms with Crippen molar-refractivity contribution in [1.82, 2.24) is 4.90 Å². The lowest BCUT2D eigenvalue weighted by Gasteiger charge is -2.28. The largest absolute Gasteiger partial charge is 0.481 e. The molecule has 1 amide bonds. The SMILES string of the molecule is Cc1cccc(C(=O)N2CCC(C(=O)O)(C(C)C)C2)c1C. The molecule has 0 radical (unpaired) electrons. The molecule has 21 heavy (non-hydrogen) atoms. The van der Waals surface area contributed by atoms with Crippen LogP contribution in [0.15, 0.2) is 18.2 Å². The molecule has 1 atom stereocenters. The molecule has 1 N–H and O–H groups in total. The van der Waals surface area contributed by atoms with Crippen LogP contribution in [-0.4, -0.2) is 35.0 Å². The van der Waals surface area contributed by atoms with Crippen molar-refractivity contribution in [2.75, 3.05) is 13.1 Å². The number of carbonyl (C=O) groups excluding carboxylic acids is 1. The van der Waals surface area contributed by atoms with Gasteiger partial charge >= 0.3 is 5.97 Å². The van der Waals surface area contributed by atoms with Crippen molar-refractivity contribution in [3.63, 3.8) is 0 Å². The monoisotopic (exact) mass is 289 g/mol. The van der Waals surface area contributed by atoms with Gasteiger partial charge < -0.3 is 10.0 Å². The number of carboxylic acid groups (broad SMARTS) is 1. The number of aryl methyl sites for hydroxylation is 1. The average Bonchev–Trinajstić information content (AvgIpc) is 2.87. The molecule has 1 fully saturated rings. The van der Waals surface area contributed by atoms with E-state index in [4.69, 9.17) is 0 Å². The van der Waals surface area contributed by atoms with Crippen LogP contribution in [0.25, 0.3) is 0 Å². The molecule has 4 heteroatoms. The highest BCUT2D eigenvalue weighted by Gasteiger charge is 2.48. The van der Waals surface area contributed by atoms with Crippen molar-refractivity contribution in [1.29, 1.82) is 0 Å². The first-order valence-corrected chi connectivity index (χ1v) is 7.38. The van der Waals surface area contributed by atoms with Gasteiger partial charge in [0, 0.05) is 18.7 Å². The molecular formula is C17H23NO3. The van der Waals surface area contributed by atoms with E-state index >= 15 is 0 Å². The number of nitrogens with zero attached hydrogens (tertiary/aromatic N) is 1. The Bertz CT molecular complexity index is 579. The molecule has 4 nitrogen and oxygen atoms in total. The fourth-order valence-corrected chi connectivity index (χ4v) is 3.05. The van der Waals surface area contributed by atoms with Crippen molar-refractivity contribution in [2.45, 2.75) is 34.1 Å². The van der Waals surface area contributed by atoms with E-state index in [1.54, 1.807) is 4.90 Å². The fourth-order valence-electron chi connectivity index (χ4n) is 3.05. The van der Waals surface area contributed by atoms with E-state index in [1.165, 1.54) is 0 Å². The van der Waals surface area contributed by atoms with Gasteiger partial charge in [-0.25, -0.2) is 0 Å². The Kier molecular flexibility index (Phi) is 4.08. The standard InChI is InChI=1S/C17H23NO3/c1-11(2)17(16(20)21)8-9-18(10-17)15(19)14-7-5-6-12(3)13(14)4/h5-7,11H,8-10H2,1-4H3,(H,20,21). The predicted octanol–water partition coefficient (Wildman–Crippen LogP) is 2.88. The average molecular weight is 289 g/mol. The van der Waals surface area contributed by atoms with Crippen LogP contribution in [0.4, 0.5) is 0 Å². The van der Waals surface area contributed by atoms with Gasteiger partial charge in [0.05, 0.1) is 5.41 Å². The molecule has 1 aliphatic heterocycles. The van der Waals surface area contributed by atoms with Crippen LogP contribution in [-0.2, 0) is 4.79 Å². The van der Waals surface area contributed by atoms with Gasteiger partial charge in [-0.1, -0.05) is 26.0 Å². The lowest BCUT2D eigenvalue weighted by Crippen LogP contribution is -2.40. The van der Waals surface area contributed by atoms with E-state index in [1.807, 2.05) is 45.9 Å². The molecule has 0 aromatic heterocycles. The van der Waals surface area contributed by atoms with Crippen molar-refractivity contribution in [3.8, 4) is 0 Å². The minimum atomic E-state index is -0.812. The number of amides is 1. The lowest BCUT2D eigenvalue weighted by molar-refractivity contribution is -0.150. The minimum absolute atomic E-state index is 0.00593. The Balaban J connectivity index is 2.27. The molecule has 0 spiro atoms. The molecule has 1 heterocycles. The molecule has 1 aliphatic rings. The Morgan fingerprint density at radius 1 is 1.29 bits per heavy atom. The predicted molar refractivity (Wildman–Crippen MR) is 81.3 cm³/mol. The molecule has 0 aliphatic carbocycles. The highest BCUT2D eigenvalue weighted by atomic mass is 16.4. The first kappa shape index (κ1) is 15.5. The third-order valence-electron chi connectivity index (χ3n) is 4.95. The summed E-state index contributed by atoms with van der Waals surface area (Å²) in [6.45, 7) is 8.56. The van der Waals surface area contributed by atoms with Crippen LogP contribution >= 0.6 is 0 Å². The molecule has 114 valence electrons. The number of benzene rings is 1. The number of carboxylic acids is 1. The maximum absolute atomic E-state index is 12.7. The number of likely N-dealkylation sites (tertiary alicyclic amines) is 1. The van der Waals surface area contributed by atoms with Crippen LogP contribution in [0, 0.1) is 25.2 Å². The Morgan fingerprint density at radius 3 is 2.48 bits per heavy atom. The Labute approximate surface area is 125 Å². The summed E-state index contributed by atoms with van der Waals surface area (Å²) >= 11 is 0. The molecule has 0 saturated carbocycles. The van der Waals surface area contributed by atoms with Crippen molar-refractivity contribution >= 4 is 11.9 Å². The zero-order chi connectivity index (χ0) is 15.8. The van der Waals surface area contributed by atoms with Gasteiger partial charge in [-0.15, -0.1) is 0 Å². The maximum Gasteiger partial charge on any atom is 0.311 e. The number of rotatable bonds is 3. The summed E-state index contributed by atoms with van der Waals surface area (Å²) in [6.07, 6.45) is 0.524. The normalized spacial score (nSPS) is 21.9. The zero-order valence-corrected chi connectivity index (χ0v) is 13.1. The quantitative estimate of drug-likeness (QED) is 0.931. The molecule has 1 aromatic carbocycles. The van der Waals surface area contributed by atoms with Crippen LogP contribution in [0.2, 0.25) is 0 Å². The summed E-state index contributed by atoms with van der Waals surface area (Å²) in [7, 11) is 0. The Morgan fingerprint density at radius 2 is 1.95 bits per heavy atom. The van der Waals surface area contributed by atoms with Crippen molar-refractivity contribution < 1.29 is 14.7 Å². The Hall–Kier alpha value is -1.84. The number of carbonyl (C=O) groups is 2. The molecule has 2 rings (SSSR count). The number of aliphatic carboxylic acids is 1.